The molecule has 13 heavy (non-hydrogen) atoms. The molecule has 3 heteroatoms. The number of amides is 1. The van der Waals surface area contributed by atoms with Crippen molar-refractivity contribution in [1.29, 1.82) is 0 Å². The Hall–Kier alpha value is -0.830. The number of piperazine rings is 1. The number of hydrogen-bond donors (Lipinski definition) is 1. The van der Waals surface area contributed by atoms with E-state index in [0.717, 1.165) is 19.6 Å². The van der Waals surface area contributed by atoms with Gasteiger partial charge in [0.1, 0.15) is 0 Å². The van der Waals surface area contributed by atoms with Crippen molar-refractivity contribution in [2.45, 2.75) is 19.9 Å². The van der Waals surface area contributed by atoms with Crippen molar-refractivity contribution in [3.63, 3.8) is 0 Å². The fourth-order valence-electron chi connectivity index (χ4n) is 1.71. The van der Waals surface area contributed by atoms with Gasteiger partial charge in [-0.25, -0.2) is 0 Å². The summed E-state index contributed by atoms with van der Waals surface area (Å²) in [5.74, 6) is 0.553. The zero-order chi connectivity index (χ0) is 9.84. The van der Waals surface area contributed by atoms with Crippen LogP contribution in [0.25, 0.3) is 0 Å². The Morgan fingerprint density at radius 2 is 2.38 bits per heavy atom. The van der Waals surface area contributed by atoms with E-state index in [1.165, 1.54) is 6.08 Å². The van der Waals surface area contributed by atoms with E-state index in [1.54, 1.807) is 0 Å². The summed E-state index contributed by atoms with van der Waals surface area (Å²) in [6.45, 7) is 10.4. The quantitative estimate of drug-likeness (QED) is 0.635. The molecule has 1 aliphatic heterocycles. The monoisotopic (exact) mass is 182 g/mol. The molecule has 74 valence electrons. The smallest absolute Gasteiger partial charge is 0.246 e. The average molecular weight is 182 g/mol. The summed E-state index contributed by atoms with van der Waals surface area (Å²) >= 11 is 0. The highest BCUT2D eigenvalue weighted by Crippen LogP contribution is 2.12. The zero-order valence-electron chi connectivity index (χ0n) is 8.42. The molecular formula is C10H18N2O. The minimum Gasteiger partial charge on any atom is -0.333 e. The minimum atomic E-state index is 0.0557. The molecule has 0 spiro atoms. The minimum absolute atomic E-state index is 0.0557. The maximum atomic E-state index is 11.5. The largest absolute Gasteiger partial charge is 0.333 e. The van der Waals surface area contributed by atoms with Gasteiger partial charge in [0.25, 0.3) is 0 Å². The number of nitrogens with one attached hydrogen (secondary N) is 1. The van der Waals surface area contributed by atoms with E-state index < -0.39 is 0 Å². The Labute approximate surface area is 79.8 Å². The van der Waals surface area contributed by atoms with Gasteiger partial charge in [-0.1, -0.05) is 20.4 Å². The standard InChI is InChI=1S/C10H18N2O/c1-4-10(13)12-6-5-11-7-9(12)8(2)3/h4,8-9,11H,1,5-7H2,2-3H3. The second-order valence-corrected chi connectivity index (χ2v) is 3.75. The molecule has 1 aliphatic rings. The van der Waals surface area contributed by atoms with Crippen LogP contribution in [0, 0.1) is 5.92 Å². The van der Waals surface area contributed by atoms with Crippen LogP contribution in [0.2, 0.25) is 0 Å². The lowest BCUT2D eigenvalue weighted by Crippen LogP contribution is -2.55. The third-order valence-corrected chi connectivity index (χ3v) is 2.51. The van der Waals surface area contributed by atoms with Crippen molar-refractivity contribution in [3.05, 3.63) is 12.7 Å². The molecule has 1 unspecified atom stereocenters. The predicted octanol–water partition coefficient (Wildman–Crippen LogP) is 0.629. The van der Waals surface area contributed by atoms with Gasteiger partial charge in [0.2, 0.25) is 5.91 Å². The zero-order valence-corrected chi connectivity index (χ0v) is 8.42. The lowest BCUT2D eigenvalue weighted by atomic mass is 10.0. The summed E-state index contributed by atoms with van der Waals surface area (Å²) in [6.07, 6.45) is 1.40. The first-order valence-electron chi connectivity index (χ1n) is 4.80. The van der Waals surface area contributed by atoms with E-state index in [1.807, 2.05) is 4.90 Å². The molecule has 0 aromatic rings. The van der Waals surface area contributed by atoms with Crippen LogP contribution in [0.3, 0.4) is 0 Å². The molecule has 0 saturated carbocycles. The fourth-order valence-corrected chi connectivity index (χ4v) is 1.71. The van der Waals surface area contributed by atoms with Gasteiger partial charge in [0, 0.05) is 25.7 Å². The van der Waals surface area contributed by atoms with E-state index in [2.05, 4.69) is 25.7 Å². The van der Waals surface area contributed by atoms with E-state index in [0.29, 0.717) is 12.0 Å². The maximum Gasteiger partial charge on any atom is 0.246 e. The highest BCUT2D eigenvalue weighted by Gasteiger charge is 2.26. The Morgan fingerprint density at radius 1 is 1.69 bits per heavy atom. The average Bonchev–Trinajstić information content (AvgIpc) is 2.16. The van der Waals surface area contributed by atoms with Crippen LogP contribution in [0.15, 0.2) is 12.7 Å². The highest BCUT2D eigenvalue weighted by atomic mass is 16.2. The molecule has 1 N–H and O–H groups in total. The molecule has 0 bridgehead atoms. The Bertz CT molecular complexity index is 201. The third kappa shape index (κ3) is 2.31. The molecule has 0 aromatic carbocycles. The van der Waals surface area contributed by atoms with Crippen molar-refractivity contribution in [2.75, 3.05) is 19.6 Å². The van der Waals surface area contributed by atoms with Crippen LogP contribution in [0.1, 0.15) is 13.8 Å². The number of nitrogens with zero attached hydrogens (tertiary/aromatic N) is 1. The van der Waals surface area contributed by atoms with Gasteiger partial charge in [0.15, 0.2) is 0 Å². The molecule has 1 fully saturated rings. The van der Waals surface area contributed by atoms with Crippen LogP contribution in [0.4, 0.5) is 0 Å². The topological polar surface area (TPSA) is 32.3 Å². The summed E-state index contributed by atoms with van der Waals surface area (Å²) in [6, 6.07) is 0.319. The molecule has 0 aromatic heterocycles. The third-order valence-electron chi connectivity index (χ3n) is 2.51. The molecular weight excluding hydrogens is 164 g/mol. The lowest BCUT2D eigenvalue weighted by molar-refractivity contribution is -0.130. The maximum absolute atomic E-state index is 11.5. The second-order valence-electron chi connectivity index (χ2n) is 3.75. The van der Waals surface area contributed by atoms with E-state index in [9.17, 15) is 4.79 Å². The van der Waals surface area contributed by atoms with Crippen molar-refractivity contribution >= 4 is 5.91 Å². The number of hydrogen-bond acceptors (Lipinski definition) is 2. The molecule has 0 aliphatic carbocycles. The number of carbonyl (C=O) groups excluding carboxylic acids is 1. The van der Waals surface area contributed by atoms with E-state index >= 15 is 0 Å². The summed E-state index contributed by atoms with van der Waals surface area (Å²) in [7, 11) is 0. The van der Waals surface area contributed by atoms with Crippen molar-refractivity contribution in [3.8, 4) is 0 Å². The molecule has 1 rings (SSSR count). The number of rotatable bonds is 2. The first-order valence-corrected chi connectivity index (χ1v) is 4.80. The highest BCUT2D eigenvalue weighted by molar-refractivity contribution is 5.87. The first kappa shape index (κ1) is 10.3. The van der Waals surface area contributed by atoms with Crippen LogP contribution in [-0.4, -0.2) is 36.5 Å². The molecule has 3 nitrogen and oxygen atoms in total. The van der Waals surface area contributed by atoms with Crippen LogP contribution >= 0.6 is 0 Å². The summed E-state index contributed by atoms with van der Waals surface area (Å²) in [5.41, 5.74) is 0. The van der Waals surface area contributed by atoms with Gasteiger partial charge in [-0.3, -0.25) is 4.79 Å². The van der Waals surface area contributed by atoms with E-state index in [4.69, 9.17) is 0 Å². The van der Waals surface area contributed by atoms with Gasteiger partial charge >= 0.3 is 0 Å². The normalized spacial score (nSPS) is 23.3. The first-order chi connectivity index (χ1) is 6.16. The van der Waals surface area contributed by atoms with Crippen LogP contribution < -0.4 is 5.32 Å². The summed E-state index contributed by atoms with van der Waals surface area (Å²) < 4.78 is 0. The van der Waals surface area contributed by atoms with Gasteiger partial charge in [-0.2, -0.15) is 0 Å². The molecule has 1 saturated heterocycles. The predicted molar refractivity (Wildman–Crippen MR) is 53.4 cm³/mol. The van der Waals surface area contributed by atoms with Gasteiger partial charge in [0.05, 0.1) is 0 Å². The van der Waals surface area contributed by atoms with Crippen LogP contribution in [-0.2, 0) is 4.79 Å². The molecule has 1 heterocycles. The van der Waals surface area contributed by atoms with Gasteiger partial charge in [-0.15, -0.1) is 0 Å². The van der Waals surface area contributed by atoms with Crippen molar-refractivity contribution in [2.24, 2.45) is 5.92 Å². The van der Waals surface area contributed by atoms with Crippen LogP contribution in [0.5, 0.6) is 0 Å². The lowest BCUT2D eigenvalue weighted by Gasteiger charge is -2.38. The number of carbonyl (C=O) groups is 1. The van der Waals surface area contributed by atoms with Gasteiger partial charge < -0.3 is 10.2 Å². The second kappa shape index (κ2) is 4.42. The molecule has 0 radical (unpaired) electrons. The summed E-state index contributed by atoms with van der Waals surface area (Å²) in [5, 5.41) is 3.30. The SMILES string of the molecule is C=CC(=O)N1CCNCC1C(C)C. The summed E-state index contributed by atoms with van der Waals surface area (Å²) in [4.78, 5) is 13.4. The fraction of sp³-hybridized carbons (Fsp3) is 0.700. The molecule has 1 atom stereocenters. The Balaban J connectivity index is 2.66. The Kier molecular flexibility index (Phi) is 3.48. The van der Waals surface area contributed by atoms with E-state index in [-0.39, 0.29) is 5.91 Å². The van der Waals surface area contributed by atoms with Crippen molar-refractivity contribution in [1.82, 2.24) is 10.2 Å². The Morgan fingerprint density at radius 3 is 2.92 bits per heavy atom. The van der Waals surface area contributed by atoms with Gasteiger partial charge in [-0.05, 0) is 12.0 Å². The van der Waals surface area contributed by atoms with Crippen molar-refractivity contribution < 1.29 is 4.79 Å². The molecule has 1 amide bonds.